The van der Waals surface area contributed by atoms with Crippen molar-refractivity contribution in [3.8, 4) is 11.6 Å². The van der Waals surface area contributed by atoms with E-state index >= 15 is 0 Å². The molecule has 1 unspecified atom stereocenters. The SMILES string of the molecule is Nc1ccc(Oc2ccnc(NCC3CCCO3)n2)c2ccccc12. The monoisotopic (exact) mass is 336 g/mol. The minimum absolute atomic E-state index is 0.231. The van der Waals surface area contributed by atoms with Crippen molar-refractivity contribution < 1.29 is 9.47 Å². The predicted octanol–water partition coefficient (Wildman–Crippen LogP) is 3.60. The normalized spacial score (nSPS) is 16.9. The number of nitrogens with zero attached hydrogens (tertiary/aromatic N) is 2. The Balaban J connectivity index is 1.53. The standard InChI is InChI=1S/C19H20N4O2/c20-16-7-8-17(15-6-2-1-5-14(15)16)25-18-9-10-21-19(23-18)22-12-13-4-3-11-24-13/h1-2,5-10,13H,3-4,11-12,20H2,(H,21,22,23). The van der Waals surface area contributed by atoms with E-state index in [1.165, 1.54) is 0 Å². The molecule has 0 radical (unpaired) electrons. The van der Waals surface area contributed by atoms with E-state index in [9.17, 15) is 0 Å². The molecular formula is C19H20N4O2. The molecule has 1 saturated heterocycles. The van der Waals surface area contributed by atoms with Gasteiger partial charge in [0.05, 0.1) is 6.10 Å². The van der Waals surface area contributed by atoms with Gasteiger partial charge >= 0.3 is 0 Å². The molecule has 1 atom stereocenters. The fourth-order valence-electron chi connectivity index (χ4n) is 2.99. The Morgan fingerprint density at radius 2 is 2.04 bits per heavy atom. The van der Waals surface area contributed by atoms with Crippen LogP contribution in [0.1, 0.15) is 12.8 Å². The lowest BCUT2D eigenvalue weighted by Crippen LogP contribution is -2.19. The lowest BCUT2D eigenvalue weighted by molar-refractivity contribution is 0.120. The summed E-state index contributed by atoms with van der Waals surface area (Å²) < 4.78 is 11.6. The van der Waals surface area contributed by atoms with Crippen molar-refractivity contribution in [3.05, 3.63) is 48.7 Å². The van der Waals surface area contributed by atoms with E-state index in [4.69, 9.17) is 15.2 Å². The number of aromatic nitrogens is 2. The van der Waals surface area contributed by atoms with Crippen molar-refractivity contribution in [2.45, 2.75) is 18.9 Å². The smallest absolute Gasteiger partial charge is 0.226 e. The number of nitrogens with two attached hydrogens (primary N) is 1. The molecule has 3 N–H and O–H groups in total. The van der Waals surface area contributed by atoms with Gasteiger partial charge in [-0.3, -0.25) is 0 Å². The molecule has 1 fully saturated rings. The van der Waals surface area contributed by atoms with Gasteiger partial charge in [-0.05, 0) is 25.0 Å². The molecule has 0 spiro atoms. The Bertz CT molecular complexity index is 878. The maximum atomic E-state index is 6.04. The highest BCUT2D eigenvalue weighted by atomic mass is 16.5. The number of hydrogen-bond acceptors (Lipinski definition) is 6. The zero-order valence-electron chi connectivity index (χ0n) is 13.8. The molecule has 0 bridgehead atoms. The van der Waals surface area contributed by atoms with Crippen LogP contribution in [-0.4, -0.2) is 29.2 Å². The van der Waals surface area contributed by atoms with Crippen LogP contribution in [0, 0.1) is 0 Å². The molecule has 128 valence electrons. The summed E-state index contributed by atoms with van der Waals surface area (Å²) in [5.41, 5.74) is 6.77. The number of fused-ring (bicyclic) bond motifs is 1. The largest absolute Gasteiger partial charge is 0.438 e. The Morgan fingerprint density at radius 3 is 2.88 bits per heavy atom. The van der Waals surface area contributed by atoms with Gasteiger partial charge in [-0.15, -0.1) is 0 Å². The van der Waals surface area contributed by atoms with Crippen LogP contribution in [0.15, 0.2) is 48.7 Å². The molecule has 0 amide bonds. The van der Waals surface area contributed by atoms with Gasteiger partial charge in [0.2, 0.25) is 11.8 Å². The second kappa shape index (κ2) is 6.94. The third-order valence-electron chi connectivity index (χ3n) is 4.27. The third kappa shape index (κ3) is 3.49. The van der Waals surface area contributed by atoms with Crippen LogP contribution in [0.3, 0.4) is 0 Å². The second-order valence-electron chi connectivity index (χ2n) is 6.03. The van der Waals surface area contributed by atoms with Crippen LogP contribution >= 0.6 is 0 Å². The summed E-state index contributed by atoms with van der Waals surface area (Å²) in [6.07, 6.45) is 4.09. The highest BCUT2D eigenvalue weighted by Crippen LogP contribution is 2.32. The van der Waals surface area contributed by atoms with Crippen molar-refractivity contribution in [2.24, 2.45) is 0 Å². The molecule has 0 aliphatic carbocycles. The van der Waals surface area contributed by atoms with Gasteiger partial charge in [0.15, 0.2) is 0 Å². The van der Waals surface area contributed by atoms with E-state index in [-0.39, 0.29) is 6.10 Å². The number of hydrogen-bond donors (Lipinski definition) is 2. The number of nitrogens with one attached hydrogen (secondary N) is 1. The average Bonchev–Trinajstić information content (AvgIpc) is 3.17. The molecule has 1 aliphatic heterocycles. The Hall–Kier alpha value is -2.86. The molecule has 6 nitrogen and oxygen atoms in total. The van der Waals surface area contributed by atoms with Gasteiger partial charge in [-0.2, -0.15) is 4.98 Å². The minimum Gasteiger partial charge on any atom is -0.438 e. The number of nitrogen functional groups attached to an aromatic ring is 1. The Morgan fingerprint density at radius 1 is 1.16 bits per heavy atom. The lowest BCUT2D eigenvalue weighted by Gasteiger charge is -2.12. The number of ether oxygens (including phenoxy) is 2. The molecule has 25 heavy (non-hydrogen) atoms. The quantitative estimate of drug-likeness (QED) is 0.693. The molecule has 3 aromatic rings. The summed E-state index contributed by atoms with van der Waals surface area (Å²) in [6.45, 7) is 1.54. The zero-order chi connectivity index (χ0) is 17.1. The summed E-state index contributed by atoms with van der Waals surface area (Å²) in [7, 11) is 0. The Labute approximate surface area is 146 Å². The van der Waals surface area contributed by atoms with E-state index in [1.807, 2.05) is 36.4 Å². The number of rotatable bonds is 5. The van der Waals surface area contributed by atoms with E-state index in [0.29, 0.717) is 24.1 Å². The van der Waals surface area contributed by atoms with Gasteiger partial charge in [-0.1, -0.05) is 24.3 Å². The van der Waals surface area contributed by atoms with Gasteiger partial charge in [-0.25, -0.2) is 4.98 Å². The van der Waals surface area contributed by atoms with Crippen LogP contribution in [0.25, 0.3) is 10.8 Å². The Kier molecular flexibility index (Phi) is 4.35. The molecule has 6 heteroatoms. The van der Waals surface area contributed by atoms with Crippen molar-refractivity contribution in [1.82, 2.24) is 9.97 Å². The maximum absolute atomic E-state index is 6.04. The zero-order valence-corrected chi connectivity index (χ0v) is 13.8. The van der Waals surface area contributed by atoms with Crippen LogP contribution in [-0.2, 0) is 4.74 Å². The highest BCUT2D eigenvalue weighted by molar-refractivity contribution is 5.97. The molecule has 4 rings (SSSR count). The van der Waals surface area contributed by atoms with E-state index in [0.717, 1.165) is 35.9 Å². The highest BCUT2D eigenvalue weighted by Gasteiger charge is 2.15. The first-order valence-corrected chi connectivity index (χ1v) is 8.43. The first-order valence-electron chi connectivity index (χ1n) is 8.43. The summed E-state index contributed by atoms with van der Waals surface area (Å²) in [5, 5.41) is 5.13. The van der Waals surface area contributed by atoms with Crippen molar-refractivity contribution >= 4 is 22.4 Å². The van der Waals surface area contributed by atoms with E-state index in [1.54, 1.807) is 12.3 Å². The summed E-state index contributed by atoms with van der Waals surface area (Å²) in [6, 6.07) is 13.3. The summed E-state index contributed by atoms with van der Waals surface area (Å²) in [5.74, 6) is 1.74. The second-order valence-corrected chi connectivity index (χ2v) is 6.03. The van der Waals surface area contributed by atoms with Crippen LogP contribution in [0.4, 0.5) is 11.6 Å². The summed E-state index contributed by atoms with van der Waals surface area (Å²) >= 11 is 0. The minimum atomic E-state index is 0.231. The molecular weight excluding hydrogens is 316 g/mol. The fourth-order valence-corrected chi connectivity index (χ4v) is 2.99. The fraction of sp³-hybridized carbons (Fsp3) is 0.263. The summed E-state index contributed by atoms with van der Waals surface area (Å²) in [4.78, 5) is 8.67. The van der Waals surface area contributed by atoms with Gasteiger partial charge in [0, 0.05) is 41.9 Å². The van der Waals surface area contributed by atoms with Gasteiger partial charge < -0.3 is 20.5 Å². The van der Waals surface area contributed by atoms with Gasteiger partial charge in [0.1, 0.15) is 5.75 Å². The average molecular weight is 336 g/mol. The first kappa shape index (κ1) is 15.7. The number of anilines is 2. The molecule has 2 heterocycles. The van der Waals surface area contributed by atoms with Crippen molar-refractivity contribution in [2.75, 3.05) is 24.2 Å². The van der Waals surface area contributed by atoms with Gasteiger partial charge in [0.25, 0.3) is 0 Å². The molecule has 1 aromatic heterocycles. The topological polar surface area (TPSA) is 82.3 Å². The van der Waals surface area contributed by atoms with E-state index < -0.39 is 0 Å². The van der Waals surface area contributed by atoms with Crippen LogP contribution in [0.5, 0.6) is 11.6 Å². The van der Waals surface area contributed by atoms with Crippen molar-refractivity contribution in [3.63, 3.8) is 0 Å². The van der Waals surface area contributed by atoms with Crippen molar-refractivity contribution in [1.29, 1.82) is 0 Å². The molecule has 2 aromatic carbocycles. The molecule has 1 aliphatic rings. The van der Waals surface area contributed by atoms with E-state index in [2.05, 4.69) is 15.3 Å². The number of benzene rings is 2. The third-order valence-corrected chi connectivity index (χ3v) is 4.27. The lowest BCUT2D eigenvalue weighted by atomic mass is 10.1. The maximum Gasteiger partial charge on any atom is 0.226 e. The predicted molar refractivity (Wildman–Crippen MR) is 97.9 cm³/mol. The van der Waals surface area contributed by atoms with Crippen LogP contribution < -0.4 is 15.8 Å². The molecule has 0 saturated carbocycles. The first-order chi connectivity index (χ1) is 12.3. The van der Waals surface area contributed by atoms with Crippen LogP contribution in [0.2, 0.25) is 0 Å².